The van der Waals surface area contributed by atoms with Crippen molar-refractivity contribution in [1.29, 1.82) is 0 Å². The van der Waals surface area contributed by atoms with Gasteiger partial charge in [-0.3, -0.25) is 0 Å². The summed E-state index contributed by atoms with van der Waals surface area (Å²) in [6.07, 6.45) is -7.64. The average molecular weight is 457 g/mol. The number of imidazole rings is 1. The molecule has 0 saturated heterocycles. The van der Waals surface area contributed by atoms with Gasteiger partial charge in [-0.1, -0.05) is 29.3 Å². The molecule has 32 heavy (non-hydrogen) atoms. The maximum atomic E-state index is 13.7. The predicted molar refractivity (Wildman–Crippen MR) is 107 cm³/mol. The molecule has 1 aromatic heterocycles. The van der Waals surface area contributed by atoms with E-state index in [1.807, 2.05) is 32.9 Å². The van der Waals surface area contributed by atoms with Gasteiger partial charge in [0, 0.05) is 0 Å². The Morgan fingerprint density at radius 3 is 1.72 bits per heavy atom. The van der Waals surface area contributed by atoms with Crippen LogP contribution in [0.3, 0.4) is 0 Å². The van der Waals surface area contributed by atoms with E-state index in [0.717, 1.165) is 28.4 Å². The van der Waals surface area contributed by atoms with Crippen LogP contribution in [-0.2, 0) is 5.60 Å². The molecule has 2 aromatic carbocycles. The van der Waals surface area contributed by atoms with Gasteiger partial charge in [-0.25, -0.2) is 9.13 Å². The van der Waals surface area contributed by atoms with Crippen molar-refractivity contribution in [2.24, 2.45) is 0 Å². The molecule has 0 aliphatic carbocycles. The van der Waals surface area contributed by atoms with Crippen molar-refractivity contribution in [1.82, 2.24) is 4.57 Å². The quantitative estimate of drug-likeness (QED) is 0.402. The highest BCUT2D eigenvalue weighted by Crippen LogP contribution is 2.52. The van der Waals surface area contributed by atoms with Gasteiger partial charge in [-0.15, -0.1) is 0 Å². The van der Waals surface area contributed by atoms with E-state index in [4.69, 9.17) is 0 Å². The standard InChI is InChI=1S/C23H23F6N2O/c1-13-8-15(3)19(16(4)9-13)30-6-7-31(12-30)20-17(5)10-14(2)11-18(20)21(32,22(24,25)26)23(27,28)29/h6-12,32H,1-5H3/q+1. The van der Waals surface area contributed by atoms with E-state index in [1.165, 1.54) is 37.0 Å². The zero-order valence-electron chi connectivity index (χ0n) is 18.2. The van der Waals surface area contributed by atoms with E-state index in [2.05, 4.69) is 0 Å². The molecule has 3 rings (SSSR count). The lowest BCUT2D eigenvalue weighted by molar-refractivity contribution is -0.595. The summed E-state index contributed by atoms with van der Waals surface area (Å²) < 4.78 is 84.9. The summed E-state index contributed by atoms with van der Waals surface area (Å²) in [4.78, 5) is 0. The topological polar surface area (TPSA) is 29.0 Å². The zero-order chi connectivity index (χ0) is 24.2. The van der Waals surface area contributed by atoms with Gasteiger partial charge in [0.25, 0.3) is 11.9 Å². The highest BCUT2D eigenvalue weighted by molar-refractivity contribution is 5.54. The van der Waals surface area contributed by atoms with Crippen molar-refractivity contribution in [2.45, 2.75) is 52.6 Å². The third-order valence-electron chi connectivity index (χ3n) is 5.44. The predicted octanol–water partition coefficient (Wildman–Crippen LogP) is 5.61. The highest BCUT2D eigenvalue weighted by atomic mass is 19.4. The van der Waals surface area contributed by atoms with Crippen LogP contribution in [-0.4, -0.2) is 22.0 Å². The average Bonchev–Trinajstić information content (AvgIpc) is 3.06. The third kappa shape index (κ3) is 3.79. The van der Waals surface area contributed by atoms with Crippen LogP contribution in [0.1, 0.15) is 33.4 Å². The summed E-state index contributed by atoms with van der Waals surface area (Å²) in [6, 6.07) is 6.07. The Kier molecular flexibility index (Phi) is 5.70. The molecule has 0 radical (unpaired) electrons. The molecule has 1 heterocycles. The van der Waals surface area contributed by atoms with E-state index < -0.39 is 23.5 Å². The molecule has 3 nitrogen and oxygen atoms in total. The molecule has 0 atom stereocenters. The number of alkyl halides is 6. The summed E-state index contributed by atoms with van der Waals surface area (Å²) in [5.74, 6) is 0. The van der Waals surface area contributed by atoms with Crippen molar-refractivity contribution in [3.05, 3.63) is 76.4 Å². The molecule has 0 amide bonds. The molecule has 0 saturated carbocycles. The SMILES string of the molecule is Cc1cc(C)c(-[n+]2ccn(-c3c(C)cc(C)cc3C(O)(C(F)(F)F)C(F)(F)F)c2)c(C)c1. The molecule has 0 fully saturated rings. The Morgan fingerprint density at radius 2 is 1.22 bits per heavy atom. The van der Waals surface area contributed by atoms with Crippen LogP contribution in [0, 0.1) is 34.6 Å². The minimum absolute atomic E-state index is 0.159. The summed E-state index contributed by atoms with van der Waals surface area (Å²) in [7, 11) is 0. The smallest absolute Gasteiger partial charge is 0.369 e. The van der Waals surface area contributed by atoms with Crippen molar-refractivity contribution in [3.63, 3.8) is 0 Å². The van der Waals surface area contributed by atoms with Gasteiger partial charge < -0.3 is 5.11 Å². The zero-order valence-corrected chi connectivity index (χ0v) is 18.2. The van der Waals surface area contributed by atoms with E-state index in [9.17, 15) is 31.4 Å². The van der Waals surface area contributed by atoms with Crippen LogP contribution in [0.15, 0.2) is 43.0 Å². The number of aromatic nitrogens is 2. The minimum Gasteiger partial charge on any atom is -0.369 e. The van der Waals surface area contributed by atoms with E-state index >= 15 is 0 Å². The Balaban J connectivity index is 2.31. The van der Waals surface area contributed by atoms with Gasteiger partial charge in [0.05, 0.1) is 5.56 Å². The highest BCUT2D eigenvalue weighted by Gasteiger charge is 2.72. The molecule has 3 aromatic rings. The first-order valence-corrected chi connectivity index (χ1v) is 9.73. The lowest BCUT2D eigenvalue weighted by Crippen LogP contribution is -2.54. The Morgan fingerprint density at radius 1 is 0.750 bits per heavy atom. The third-order valence-corrected chi connectivity index (χ3v) is 5.44. The van der Waals surface area contributed by atoms with Gasteiger partial charge in [-0.2, -0.15) is 26.3 Å². The first kappa shape index (κ1) is 23.8. The van der Waals surface area contributed by atoms with Crippen molar-refractivity contribution < 1.29 is 36.0 Å². The van der Waals surface area contributed by atoms with Gasteiger partial charge in [-0.05, 0) is 57.4 Å². The molecule has 0 aliphatic heterocycles. The maximum absolute atomic E-state index is 13.7. The first-order valence-electron chi connectivity index (χ1n) is 9.73. The molecular weight excluding hydrogens is 434 g/mol. The van der Waals surface area contributed by atoms with E-state index in [1.54, 1.807) is 10.8 Å². The number of hydrogen-bond acceptors (Lipinski definition) is 1. The Bertz CT molecular complexity index is 1140. The van der Waals surface area contributed by atoms with Crippen molar-refractivity contribution in [3.8, 4) is 11.4 Å². The molecule has 9 heteroatoms. The fraction of sp³-hybridized carbons (Fsp3) is 0.348. The number of benzene rings is 2. The Hall–Kier alpha value is -2.81. The number of aryl methyl sites for hydroxylation is 5. The monoisotopic (exact) mass is 457 g/mol. The van der Waals surface area contributed by atoms with Crippen LogP contribution in [0.25, 0.3) is 11.4 Å². The fourth-order valence-electron chi connectivity index (χ4n) is 4.24. The number of aliphatic hydroxyl groups is 1. The number of hydrogen-bond donors (Lipinski definition) is 1. The number of halogens is 6. The fourth-order valence-corrected chi connectivity index (χ4v) is 4.24. The summed E-state index contributed by atoms with van der Waals surface area (Å²) in [5, 5.41) is 10.1. The largest absolute Gasteiger partial charge is 0.430 e. The van der Waals surface area contributed by atoms with Gasteiger partial charge in [0.2, 0.25) is 0 Å². The van der Waals surface area contributed by atoms with Crippen LogP contribution >= 0.6 is 0 Å². The van der Waals surface area contributed by atoms with Crippen LogP contribution in [0.2, 0.25) is 0 Å². The maximum Gasteiger partial charge on any atom is 0.430 e. The molecule has 1 N–H and O–H groups in total. The normalized spacial score (nSPS) is 13.0. The van der Waals surface area contributed by atoms with E-state index in [0.29, 0.717) is 0 Å². The molecule has 0 bridgehead atoms. The number of nitrogens with zero attached hydrogens (tertiary/aromatic N) is 2. The van der Waals surface area contributed by atoms with E-state index in [-0.39, 0.29) is 16.8 Å². The molecule has 0 unspecified atom stereocenters. The molecule has 0 aliphatic rings. The number of rotatable bonds is 3. The first-order chi connectivity index (χ1) is 14.6. The second-order valence-electron chi connectivity index (χ2n) is 8.16. The van der Waals surface area contributed by atoms with Gasteiger partial charge in [0.1, 0.15) is 23.8 Å². The second-order valence-corrected chi connectivity index (χ2v) is 8.16. The van der Waals surface area contributed by atoms with Gasteiger partial charge in [0.15, 0.2) is 0 Å². The second kappa shape index (κ2) is 7.65. The van der Waals surface area contributed by atoms with Crippen LogP contribution < -0.4 is 4.57 Å². The molecular formula is C23H23F6N2O+. The summed E-state index contributed by atoms with van der Waals surface area (Å²) in [5.41, 5.74) is -2.77. The van der Waals surface area contributed by atoms with Gasteiger partial charge >= 0.3 is 12.4 Å². The lowest BCUT2D eigenvalue weighted by Gasteiger charge is -2.33. The minimum atomic E-state index is -5.98. The van der Waals surface area contributed by atoms with Crippen molar-refractivity contribution >= 4 is 0 Å². The van der Waals surface area contributed by atoms with Crippen LogP contribution in [0.4, 0.5) is 26.3 Å². The van der Waals surface area contributed by atoms with Crippen LogP contribution in [0.5, 0.6) is 0 Å². The van der Waals surface area contributed by atoms with Crippen molar-refractivity contribution in [2.75, 3.05) is 0 Å². The summed E-state index contributed by atoms with van der Waals surface area (Å²) in [6.45, 7) is 8.45. The lowest BCUT2D eigenvalue weighted by atomic mass is 9.87. The molecule has 0 spiro atoms. The Labute approximate surface area is 181 Å². The molecule has 172 valence electrons. The summed E-state index contributed by atoms with van der Waals surface area (Å²) >= 11 is 0.